The Hall–Kier alpha value is -3.12. The average molecular weight is 390 g/mol. The van der Waals surface area contributed by atoms with Crippen LogP contribution in [0.15, 0.2) is 65.2 Å². The molecule has 0 spiro atoms. The molecule has 150 valence electrons. The van der Waals surface area contributed by atoms with Crippen molar-refractivity contribution < 1.29 is 9.21 Å². The summed E-state index contributed by atoms with van der Waals surface area (Å²) in [6, 6.07) is 17.7. The first-order chi connectivity index (χ1) is 14.2. The Labute approximate surface area is 171 Å². The van der Waals surface area contributed by atoms with Gasteiger partial charge in [-0.25, -0.2) is 4.98 Å². The molecule has 1 N–H and O–H groups in total. The molecule has 2 aromatic heterocycles. The second-order valence-corrected chi connectivity index (χ2v) is 7.38. The lowest BCUT2D eigenvalue weighted by Gasteiger charge is -2.33. The van der Waals surface area contributed by atoms with E-state index in [2.05, 4.69) is 27.1 Å². The van der Waals surface area contributed by atoms with E-state index in [0.29, 0.717) is 12.8 Å². The van der Waals surface area contributed by atoms with Gasteiger partial charge in [0.25, 0.3) is 0 Å². The van der Waals surface area contributed by atoms with Crippen molar-refractivity contribution in [2.45, 2.75) is 12.8 Å². The fourth-order valence-electron chi connectivity index (χ4n) is 3.41. The van der Waals surface area contributed by atoms with Gasteiger partial charge >= 0.3 is 0 Å². The van der Waals surface area contributed by atoms with Crippen LogP contribution in [0.25, 0.3) is 11.3 Å². The van der Waals surface area contributed by atoms with E-state index in [1.54, 1.807) is 6.20 Å². The Morgan fingerprint density at radius 2 is 1.83 bits per heavy atom. The maximum absolute atomic E-state index is 12.3. The number of hydrogen-bond acceptors (Lipinski definition) is 5. The Balaban J connectivity index is 1.27. The lowest BCUT2D eigenvalue weighted by molar-refractivity contribution is -0.116. The number of aryl methyl sites for hydroxylation is 1. The summed E-state index contributed by atoms with van der Waals surface area (Å²) in [5, 5.41) is 2.92. The zero-order chi connectivity index (χ0) is 20.1. The van der Waals surface area contributed by atoms with Gasteiger partial charge in [0.2, 0.25) is 5.91 Å². The van der Waals surface area contributed by atoms with Crippen LogP contribution in [0.5, 0.6) is 0 Å². The van der Waals surface area contributed by atoms with Crippen molar-refractivity contribution in [3.05, 3.63) is 66.6 Å². The zero-order valence-electron chi connectivity index (χ0n) is 16.7. The highest BCUT2D eigenvalue weighted by Gasteiger charge is 2.15. The van der Waals surface area contributed by atoms with Crippen molar-refractivity contribution in [2.75, 3.05) is 43.4 Å². The zero-order valence-corrected chi connectivity index (χ0v) is 16.7. The largest absolute Gasteiger partial charge is 0.461 e. The summed E-state index contributed by atoms with van der Waals surface area (Å²) in [5.74, 6) is 2.55. The summed E-state index contributed by atoms with van der Waals surface area (Å²) in [4.78, 5) is 21.4. The fraction of sp³-hybridized carbons (Fsp3) is 0.304. The Morgan fingerprint density at radius 1 is 1.03 bits per heavy atom. The predicted octanol–water partition coefficient (Wildman–Crippen LogP) is 3.66. The number of carbonyl (C=O) groups excluding carboxylic acids is 1. The third-order valence-electron chi connectivity index (χ3n) is 5.18. The minimum Gasteiger partial charge on any atom is -0.461 e. The molecule has 3 heterocycles. The summed E-state index contributed by atoms with van der Waals surface area (Å²) in [6.45, 7) is 4.03. The van der Waals surface area contributed by atoms with Gasteiger partial charge < -0.3 is 19.5 Å². The van der Waals surface area contributed by atoms with Gasteiger partial charge in [0, 0.05) is 44.6 Å². The topological polar surface area (TPSA) is 61.6 Å². The summed E-state index contributed by atoms with van der Waals surface area (Å²) >= 11 is 0. The number of rotatable bonds is 6. The molecule has 0 atom stereocenters. The first-order valence-corrected chi connectivity index (χ1v) is 10.0. The van der Waals surface area contributed by atoms with Gasteiger partial charge in [0.05, 0.1) is 11.9 Å². The van der Waals surface area contributed by atoms with Crippen LogP contribution >= 0.6 is 0 Å². The van der Waals surface area contributed by atoms with E-state index in [9.17, 15) is 4.79 Å². The number of nitrogens with one attached hydrogen (secondary N) is 1. The van der Waals surface area contributed by atoms with E-state index in [1.165, 1.54) is 0 Å². The van der Waals surface area contributed by atoms with E-state index in [4.69, 9.17) is 4.42 Å². The van der Waals surface area contributed by atoms with Crippen molar-refractivity contribution in [3.8, 4) is 11.3 Å². The molecule has 0 bridgehead atoms. The van der Waals surface area contributed by atoms with Crippen LogP contribution in [0.2, 0.25) is 0 Å². The van der Waals surface area contributed by atoms with Gasteiger partial charge in [0.1, 0.15) is 17.3 Å². The summed E-state index contributed by atoms with van der Waals surface area (Å²) < 4.78 is 5.86. The number of benzene rings is 1. The van der Waals surface area contributed by atoms with Crippen LogP contribution in [0.1, 0.15) is 12.2 Å². The van der Waals surface area contributed by atoms with Gasteiger partial charge in [0.15, 0.2) is 0 Å². The number of furan rings is 1. The van der Waals surface area contributed by atoms with Crippen LogP contribution in [0, 0.1) is 0 Å². The van der Waals surface area contributed by atoms with E-state index >= 15 is 0 Å². The molecule has 1 fully saturated rings. The molecule has 1 aliphatic heterocycles. The number of nitrogens with zero attached hydrogens (tertiary/aromatic N) is 3. The SMILES string of the molecule is CN1CCN(c2ccc(NC(=O)CCc3ccc(-c4ccccc4)o3)cn2)CC1. The first-order valence-electron chi connectivity index (χ1n) is 10.0. The van der Waals surface area contributed by atoms with Crippen LogP contribution in [-0.4, -0.2) is 49.0 Å². The van der Waals surface area contributed by atoms with Gasteiger partial charge in [-0.3, -0.25) is 4.79 Å². The van der Waals surface area contributed by atoms with Gasteiger partial charge in [-0.15, -0.1) is 0 Å². The Bertz CT molecular complexity index is 929. The fourth-order valence-corrected chi connectivity index (χ4v) is 3.41. The van der Waals surface area contributed by atoms with Gasteiger partial charge in [-0.05, 0) is 31.3 Å². The minimum atomic E-state index is -0.0446. The van der Waals surface area contributed by atoms with Crippen molar-refractivity contribution in [1.82, 2.24) is 9.88 Å². The standard InChI is InChI=1S/C23H26N4O2/c1-26-13-15-27(16-14-26)22-11-7-19(17-24-22)25-23(28)12-9-20-8-10-21(29-20)18-5-3-2-4-6-18/h2-8,10-11,17H,9,12-16H2,1H3,(H,25,28). The normalized spacial score (nSPS) is 14.7. The number of carbonyl (C=O) groups is 1. The van der Waals surface area contributed by atoms with Crippen LogP contribution in [0.4, 0.5) is 11.5 Å². The highest BCUT2D eigenvalue weighted by Crippen LogP contribution is 2.22. The van der Waals surface area contributed by atoms with Crippen molar-refractivity contribution in [3.63, 3.8) is 0 Å². The number of amides is 1. The molecule has 1 saturated heterocycles. The predicted molar refractivity (Wildman–Crippen MR) is 115 cm³/mol. The van der Waals surface area contributed by atoms with Gasteiger partial charge in [-0.1, -0.05) is 30.3 Å². The molecule has 1 amide bonds. The molecule has 0 radical (unpaired) electrons. The molecule has 3 aromatic rings. The second kappa shape index (κ2) is 8.92. The monoisotopic (exact) mass is 390 g/mol. The molecule has 6 nitrogen and oxygen atoms in total. The van der Waals surface area contributed by atoms with Crippen LogP contribution < -0.4 is 10.2 Å². The molecule has 29 heavy (non-hydrogen) atoms. The van der Waals surface area contributed by atoms with E-state index in [0.717, 1.165) is 54.8 Å². The number of anilines is 2. The molecule has 0 unspecified atom stereocenters. The van der Waals surface area contributed by atoms with Crippen molar-refractivity contribution >= 4 is 17.4 Å². The third kappa shape index (κ3) is 5.03. The number of likely N-dealkylation sites (N-methyl/N-ethyl adjacent to an activating group) is 1. The van der Waals surface area contributed by atoms with Gasteiger partial charge in [-0.2, -0.15) is 0 Å². The average Bonchev–Trinajstić information content (AvgIpc) is 3.23. The van der Waals surface area contributed by atoms with E-state index in [-0.39, 0.29) is 5.91 Å². The molecule has 0 saturated carbocycles. The van der Waals surface area contributed by atoms with Crippen LogP contribution in [-0.2, 0) is 11.2 Å². The lowest BCUT2D eigenvalue weighted by atomic mass is 10.2. The first kappa shape index (κ1) is 19.2. The number of pyridine rings is 1. The molecule has 1 aliphatic rings. The Morgan fingerprint density at radius 3 is 2.55 bits per heavy atom. The maximum Gasteiger partial charge on any atom is 0.224 e. The summed E-state index contributed by atoms with van der Waals surface area (Å²) in [6.07, 6.45) is 2.65. The lowest BCUT2D eigenvalue weighted by Crippen LogP contribution is -2.44. The third-order valence-corrected chi connectivity index (χ3v) is 5.18. The number of piperazine rings is 1. The smallest absolute Gasteiger partial charge is 0.224 e. The van der Waals surface area contributed by atoms with Crippen molar-refractivity contribution in [2.24, 2.45) is 0 Å². The molecule has 1 aromatic carbocycles. The maximum atomic E-state index is 12.3. The van der Waals surface area contributed by atoms with Crippen molar-refractivity contribution in [1.29, 1.82) is 0 Å². The molecule has 6 heteroatoms. The summed E-state index contributed by atoms with van der Waals surface area (Å²) in [7, 11) is 2.13. The highest BCUT2D eigenvalue weighted by atomic mass is 16.3. The Kier molecular flexibility index (Phi) is 5.91. The number of aromatic nitrogens is 1. The quantitative estimate of drug-likeness (QED) is 0.696. The molecular weight excluding hydrogens is 364 g/mol. The number of hydrogen-bond donors (Lipinski definition) is 1. The van der Waals surface area contributed by atoms with E-state index < -0.39 is 0 Å². The second-order valence-electron chi connectivity index (χ2n) is 7.38. The molecular formula is C23H26N4O2. The molecule has 0 aliphatic carbocycles. The minimum absolute atomic E-state index is 0.0446. The van der Waals surface area contributed by atoms with E-state index in [1.807, 2.05) is 54.6 Å². The van der Waals surface area contributed by atoms with Crippen LogP contribution in [0.3, 0.4) is 0 Å². The summed E-state index contributed by atoms with van der Waals surface area (Å²) in [5.41, 5.74) is 1.76. The highest BCUT2D eigenvalue weighted by molar-refractivity contribution is 5.90. The molecule has 4 rings (SSSR count).